The largest absolute Gasteiger partial charge is 0.361 e. The van der Waals surface area contributed by atoms with Gasteiger partial charge in [0.05, 0.1) is 5.69 Å². The number of nitrogens with zero attached hydrogens (tertiary/aromatic N) is 4. The monoisotopic (exact) mass is 301 g/mol. The van der Waals surface area contributed by atoms with Crippen LogP contribution in [0.1, 0.15) is 34.7 Å². The van der Waals surface area contributed by atoms with Crippen molar-refractivity contribution in [2.45, 2.75) is 32.7 Å². The summed E-state index contributed by atoms with van der Waals surface area (Å²) in [6.45, 7) is 5.14. The number of carbonyl (C=O) groups excluding carboxylic acids is 1. The van der Waals surface area contributed by atoms with Crippen LogP contribution >= 0.6 is 0 Å². The Morgan fingerprint density at radius 2 is 2.14 bits per heavy atom. The maximum absolute atomic E-state index is 12.4. The summed E-state index contributed by atoms with van der Waals surface area (Å²) in [5.41, 5.74) is 1.15. The van der Waals surface area contributed by atoms with Crippen LogP contribution in [0.2, 0.25) is 0 Å². The van der Waals surface area contributed by atoms with E-state index >= 15 is 0 Å². The molecule has 3 heterocycles. The zero-order valence-corrected chi connectivity index (χ0v) is 12.7. The topological polar surface area (TPSA) is 84.2 Å². The van der Waals surface area contributed by atoms with E-state index in [0.29, 0.717) is 29.5 Å². The molecule has 2 aromatic rings. The third-order valence-corrected chi connectivity index (χ3v) is 3.85. The lowest BCUT2D eigenvalue weighted by Crippen LogP contribution is -2.48. The Morgan fingerprint density at radius 3 is 2.82 bits per heavy atom. The predicted octanol–water partition coefficient (Wildman–Crippen LogP) is 1.48. The van der Waals surface area contributed by atoms with Crippen LogP contribution in [0.15, 0.2) is 23.0 Å². The number of carbonyl (C=O) groups is 1. The van der Waals surface area contributed by atoms with Crippen LogP contribution in [0.5, 0.6) is 0 Å². The molecular weight excluding hydrogens is 282 g/mol. The zero-order chi connectivity index (χ0) is 15.5. The smallest absolute Gasteiger partial charge is 0.257 e. The first-order valence-electron chi connectivity index (χ1n) is 7.41. The zero-order valence-electron chi connectivity index (χ0n) is 12.7. The number of hydrogen-bond donors (Lipinski definition) is 1. The summed E-state index contributed by atoms with van der Waals surface area (Å²) in [6, 6.07) is 1.86. The number of amides is 1. The number of aromatic nitrogens is 3. The van der Waals surface area contributed by atoms with Gasteiger partial charge in [-0.2, -0.15) is 0 Å². The molecule has 1 amide bonds. The highest BCUT2D eigenvalue weighted by molar-refractivity contribution is 5.96. The number of nitrogens with one attached hydrogen (secondary N) is 1. The number of rotatable bonds is 3. The normalized spacial score (nSPS) is 18.3. The van der Waals surface area contributed by atoms with E-state index in [-0.39, 0.29) is 11.9 Å². The van der Waals surface area contributed by atoms with Crippen LogP contribution in [0.25, 0.3) is 0 Å². The van der Waals surface area contributed by atoms with Crippen LogP contribution in [-0.2, 0) is 0 Å². The van der Waals surface area contributed by atoms with Crippen molar-refractivity contribution in [1.29, 1.82) is 0 Å². The highest BCUT2D eigenvalue weighted by atomic mass is 16.5. The molecule has 1 saturated heterocycles. The molecule has 0 radical (unpaired) electrons. The van der Waals surface area contributed by atoms with Crippen molar-refractivity contribution >= 4 is 11.9 Å². The van der Waals surface area contributed by atoms with Crippen LogP contribution < -0.4 is 10.2 Å². The Kier molecular flexibility index (Phi) is 4.04. The maximum Gasteiger partial charge on any atom is 0.257 e. The average Bonchev–Trinajstić information content (AvgIpc) is 2.87. The number of hydrogen-bond acceptors (Lipinski definition) is 6. The summed E-state index contributed by atoms with van der Waals surface area (Å²) in [5, 5.41) is 6.89. The quantitative estimate of drug-likeness (QED) is 0.924. The van der Waals surface area contributed by atoms with Crippen LogP contribution in [-0.4, -0.2) is 40.2 Å². The second kappa shape index (κ2) is 6.13. The maximum atomic E-state index is 12.4. The van der Waals surface area contributed by atoms with E-state index in [1.54, 1.807) is 32.3 Å². The molecule has 1 atom stereocenters. The van der Waals surface area contributed by atoms with Gasteiger partial charge in [-0.15, -0.1) is 0 Å². The van der Waals surface area contributed by atoms with Crippen molar-refractivity contribution in [2.75, 3.05) is 18.0 Å². The lowest BCUT2D eigenvalue weighted by Gasteiger charge is -2.33. The standard InChI is InChI=1S/C15H19N5O2/c1-10-13(11(2)22-19-10)14(21)18-12-5-3-8-20(9-12)15-16-6-4-7-17-15/h4,6-7,12H,3,5,8-9H2,1-2H3,(H,18,21)/t12-/m0/s1. The minimum absolute atomic E-state index is 0.0683. The highest BCUT2D eigenvalue weighted by Crippen LogP contribution is 2.17. The highest BCUT2D eigenvalue weighted by Gasteiger charge is 2.25. The van der Waals surface area contributed by atoms with Gasteiger partial charge in [0, 0.05) is 31.5 Å². The van der Waals surface area contributed by atoms with Crippen molar-refractivity contribution in [3.05, 3.63) is 35.5 Å². The molecule has 0 saturated carbocycles. The van der Waals surface area contributed by atoms with Crippen molar-refractivity contribution in [1.82, 2.24) is 20.4 Å². The molecule has 2 aromatic heterocycles. The Morgan fingerprint density at radius 1 is 1.36 bits per heavy atom. The molecule has 7 heteroatoms. The van der Waals surface area contributed by atoms with Gasteiger partial charge in [-0.25, -0.2) is 9.97 Å². The molecule has 0 unspecified atom stereocenters. The fourth-order valence-electron chi connectivity index (χ4n) is 2.80. The predicted molar refractivity (Wildman–Crippen MR) is 80.7 cm³/mol. The van der Waals surface area contributed by atoms with Gasteiger partial charge in [0.1, 0.15) is 11.3 Å². The molecule has 0 aliphatic carbocycles. The molecular formula is C15H19N5O2. The number of anilines is 1. The SMILES string of the molecule is Cc1noc(C)c1C(=O)N[C@H]1CCCN(c2ncccn2)C1. The van der Waals surface area contributed by atoms with E-state index in [0.717, 1.165) is 19.4 Å². The molecule has 116 valence electrons. The van der Waals surface area contributed by atoms with Crippen molar-refractivity contribution in [3.63, 3.8) is 0 Å². The molecule has 1 fully saturated rings. The molecule has 22 heavy (non-hydrogen) atoms. The number of piperidine rings is 1. The first-order valence-corrected chi connectivity index (χ1v) is 7.41. The van der Waals surface area contributed by atoms with Crippen LogP contribution in [0, 0.1) is 13.8 Å². The Labute approximate surface area is 128 Å². The summed E-state index contributed by atoms with van der Waals surface area (Å²) >= 11 is 0. The second-order valence-corrected chi connectivity index (χ2v) is 5.51. The van der Waals surface area contributed by atoms with Crippen molar-refractivity contribution in [3.8, 4) is 0 Å². The van der Waals surface area contributed by atoms with Gasteiger partial charge in [0.25, 0.3) is 5.91 Å². The first-order chi connectivity index (χ1) is 10.6. The molecule has 1 N–H and O–H groups in total. The molecule has 7 nitrogen and oxygen atoms in total. The fourth-order valence-corrected chi connectivity index (χ4v) is 2.80. The van der Waals surface area contributed by atoms with E-state index in [9.17, 15) is 4.79 Å². The second-order valence-electron chi connectivity index (χ2n) is 5.51. The van der Waals surface area contributed by atoms with E-state index in [1.807, 2.05) is 0 Å². The molecule has 1 aliphatic heterocycles. The van der Waals surface area contributed by atoms with E-state index < -0.39 is 0 Å². The molecule has 0 spiro atoms. The molecule has 3 rings (SSSR count). The fraction of sp³-hybridized carbons (Fsp3) is 0.467. The van der Waals surface area contributed by atoms with Crippen molar-refractivity contribution < 1.29 is 9.32 Å². The lowest BCUT2D eigenvalue weighted by molar-refractivity contribution is 0.0931. The van der Waals surface area contributed by atoms with Crippen molar-refractivity contribution in [2.24, 2.45) is 0 Å². The van der Waals surface area contributed by atoms with E-state index in [4.69, 9.17) is 4.52 Å². The average molecular weight is 301 g/mol. The minimum atomic E-state index is -0.128. The third-order valence-electron chi connectivity index (χ3n) is 3.85. The summed E-state index contributed by atoms with van der Waals surface area (Å²) in [4.78, 5) is 23.0. The summed E-state index contributed by atoms with van der Waals surface area (Å²) in [6.07, 6.45) is 5.39. The molecule has 1 aliphatic rings. The van der Waals surface area contributed by atoms with Gasteiger partial charge in [0.2, 0.25) is 5.95 Å². The van der Waals surface area contributed by atoms with E-state index in [2.05, 4.69) is 25.3 Å². The van der Waals surface area contributed by atoms with E-state index in [1.165, 1.54) is 0 Å². The summed E-state index contributed by atoms with van der Waals surface area (Å²) in [5.74, 6) is 1.13. The van der Waals surface area contributed by atoms with Gasteiger partial charge in [-0.3, -0.25) is 4.79 Å². The molecule has 0 aromatic carbocycles. The van der Waals surface area contributed by atoms with Gasteiger partial charge < -0.3 is 14.7 Å². The molecule has 0 bridgehead atoms. The first kappa shape index (κ1) is 14.5. The van der Waals surface area contributed by atoms with Gasteiger partial charge in [-0.05, 0) is 32.8 Å². The van der Waals surface area contributed by atoms with Gasteiger partial charge >= 0.3 is 0 Å². The number of aryl methyl sites for hydroxylation is 2. The Hall–Kier alpha value is -2.44. The van der Waals surface area contributed by atoms with Crippen LogP contribution in [0.3, 0.4) is 0 Å². The summed E-state index contributed by atoms with van der Waals surface area (Å²) < 4.78 is 5.05. The van der Waals surface area contributed by atoms with Crippen LogP contribution in [0.4, 0.5) is 5.95 Å². The Balaban J connectivity index is 1.67. The van der Waals surface area contributed by atoms with Gasteiger partial charge in [-0.1, -0.05) is 5.16 Å². The van der Waals surface area contributed by atoms with Gasteiger partial charge in [0.15, 0.2) is 0 Å². The summed E-state index contributed by atoms with van der Waals surface area (Å²) in [7, 11) is 0. The third kappa shape index (κ3) is 2.93. The minimum Gasteiger partial charge on any atom is -0.361 e. The Bertz CT molecular complexity index is 636. The lowest BCUT2D eigenvalue weighted by atomic mass is 10.1.